The molecule has 6 nitrogen and oxygen atoms in total. The number of carbonyl (C=O) groups excluding carboxylic acids is 1. The largest absolute Gasteiger partial charge is 0.342 e. The third kappa shape index (κ3) is 9.18. The van der Waals surface area contributed by atoms with Crippen LogP contribution in [0.5, 0.6) is 0 Å². The van der Waals surface area contributed by atoms with Crippen molar-refractivity contribution in [3.05, 3.63) is 0 Å². The van der Waals surface area contributed by atoms with Crippen molar-refractivity contribution >= 4 is 15.7 Å². The number of hydrogen-bond donors (Lipinski definition) is 2. The van der Waals surface area contributed by atoms with Gasteiger partial charge in [-0.05, 0) is 6.92 Å². The van der Waals surface area contributed by atoms with Crippen molar-refractivity contribution < 1.29 is 13.2 Å². The molecule has 1 amide bonds. The molecule has 0 saturated heterocycles. The van der Waals surface area contributed by atoms with Gasteiger partial charge < -0.3 is 10.6 Å². The van der Waals surface area contributed by atoms with Crippen molar-refractivity contribution in [1.29, 1.82) is 5.26 Å². The summed E-state index contributed by atoms with van der Waals surface area (Å²) in [6.45, 7) is 1.65. The van der Waals surface area contributed by atoms with E-state index in [1.54, 1.807) is 13.0 Å². The van der Waals surface area contributed by atoms with Gasteiger partial charge in [-0.25, -0.2) is 8.42 Å². The number of nitrogens with zero attached hydrogens (tertiary/aromatic N) is 1. The van der Waals surface area contributed by atoms with Crippen LogP contribution in [0.1, 0.15) is 6.92 Å². The topological polar surface area (TPSA) is 99.1 Å². The van der Waals surface area contributed by atoms with Gasteiger partial charge >= 0.3 is 0 Å². The molecule has 1 unspecified atom stereocenters. The lowest BCUT2D eigenvalue weighted by atomic mass is 10.4. The molecule has 0 bridgehead atoms. The quantitative estimate of drug-likeness (QED) is 0.552. The number of hydrogen-bond acceptors (Lipinski definition) is 5. The van der Waals surface area contributed by atoms with Crippen molar-refractivity contribution in [3.8, 4) is 6.07 Å². The Kier molecular flexibility index (Phi) is 5.89. The first-order valence-electron chi connectivity index (χ1n) is 4.40. The second-order valence-corrected chi connectivity index (χ2v) is 5.49. The van der Waals surface area contributed by atoms with Crippen LogP contribution in [0.15, 0.2) is 0 Å². The van der Waals surface area contributed by atoms with Gasteiger partial charge in [0.2, 0.25) is 5.91 Å². The SMILES string of the molecule is CC(CS(C)(=O)=O)NCC(=O)NCC#N. The first kappa shape index (κ1) is 13.9. The Hall–Kier alpha value is -1.13. The average molecular weight is 233 g/mol. The molecule has 0 heterocycles. The molecule has 0 rings (SSSR count). The first-order chi connectivity index (χ1) is 6.85. The second-order valence-electron chi connectivity index (χ2n) is 3.31. The van der Waals surface area contributed by atoms with Crippen LogP contribution < -0.4 is 10.6 Å². The Labute approximate surface area is 89.6 Å². The molecule has 0 saturated carbocycles. The van der Waals surface area contributed by atoms with Crippen molar-refractivity contribution in [1.82, 2.24) is 10.6 Å². The van der Waals surface area contributed by atoms with E-state index >= 15 is 0 Å². The molecule has 1 atom stereocenters. The van der Waals surface area contributed by atoms with E-state index in [9.17, 15) is 13.2 Å². The van der Waals surface area contributed by atoms with E-state index in [4.69, 9.17) is 5.26 Å². The maximum Gasteiger partial charge on any atom is 0.234 e. The number of rotatable bonds is 6. The molecule has 7 heteroatoms. The highest BCUT2D eigenvalue weighted by Gasteiger charge is 2.10. The molecule has 0 fully saturated rings. The zero-order valence-electron chi connectivity index (χ0n) is 8.78. The van der Waals surface area contributed by atoms with Gasteiger partial charge in [-0.15, -0.1) is 0 Å². The molecular weight excluding hydrogens is 218 g/mol. The number of carbonyl (C=O) groups is 1. The highest BCUT2D eigenvalue weighted by Crippen LogP contribution is 1.89. The Morgan fingerprint density at radius 1 is 1.53 bits per heavy atom. The summed E-state index contributed by atoms with van der Waals surface area (Å²) in [6.07, 6.45) is 1.14. The number of amides is 1. The van der Waals surface area contributed by atoms with Crippen LogP contribution in [-0.2, 0) is 14.6 Å². The van der Waals surface area contributed by atoms with Gasteiger partial charge in [-0.1, -0.05) is 0 Å². The van der Waals surface area contributed by atoms with Gasteiger partial charge in [0.25, 0.3) is 0 Å². The van der Waals surface area contributed by atoms with Crippen molar-refractivity contribution in [2.45, 2.75) is 13.0 Å². The smallest absolute Gasteiger partial charge is 0.234 e. The minimum Gasteiger partial charge on any atom is -0.342 e. The lowest BCUT2D eigenvalue weighted by Crippen LogP contribution is -2.40. The minimum absolute atomic E-state index is 0.0123. The summed E-state index contributed by atoms with van der Waals surface area (Å²) in [5, 5.41) is 13.3. The monoisotopic (exact) mass is 233 g/mol. The minimum atomic E-state index is -3.03. The zero-order chi connectivity index (χ0) is 11.9. The van der Waals surface area contributed by atoms with Gasteiger partial charge in [0, 0.05) is 12.3 Å². The van der Waals surface area contributed by atoms with E-state index < -0.39 is 9.84 Å². The summed E-state index contributed by atoms with van der Waals surface area (Å²) in [7, 11) is -3.03. The van der Waals surface area contributed by atoms with Crippen molar-refractivity contribution in [2.24, 2.45) is 0 Å². The fraction of sp³-hybridized carbons (Fsp3) is 0.750. The number of nitrogens with one attached hydrogen (secondary N) is 2. The maximum absolute atomic E-state index is 11.0. The Bertz CT molecular complexity index is 345. The van der Waals surface area contributed by atoms with Crippen LogP contribution in [-0.4, -0.2) is 45.5 Å². The highest BCUT2D eigenvalue weighted by molar-refractivity contribution is 7.90. The fourth-order valence-electron chi connectivity index (χ4n) is 0.981. The molecule has 0 radical (unpaired) electrons. The molecule has 86 valence electrons. The van der Waals surface area contributed by atoms with E-state index in [0.717, 1.165) is 6.26 Å². The van der Waals surface area contributed by atoms with E-state index in [0.29, 0.717) is 0 Å². The lowest BCUT2D eigenvalue weighted by molar-refractivity contribution is -0.120. The summed E-state index contributed by atoms with van der Waals surface area (Å²) in [4.78, 5) is 11.0. The molecule has 0 spiro atoms. The molecule has 0 aromatic heterocycles. The molecule has 2 N–H and O–H groups in total. The molecule has 0 aliphatic heterocycles. The molecule has 0 aromatic rings. The van der Waals surface area contributed by atoms with E-state index in [1.807, 2.05) is 0 Å². The number of nitriles is 1. The maximum atomic E-state index is 11.0. The van der Waals surface area contributed by atoms with E-state index in [2.05, 4.69) is 10.6 Å². The van der Waals surface area contributed by atoms with Crippen molar-refractivity contribution in [2.75, 3.05) is 25.1 Å². The van der Waals surface area contributed by atoms with E-state index in [-0.39, 0.29) is 30.8 Å². The molecule has 0 aromatic carbocycles. The second kappa shape index (κ2) is 6.37. The van der Waals surface area contributed by atoms with E-state index in [1.165, 1.54) is 0 Å². The van der Waals surface area contributed by atoms with Gasteiger partial charge in [0.15, 0.2) is 0 Å². The summed E-state index contributed by atoms with van der Waals surface area (Å²) in [5.41, 5.74) is 0. The Morgan fingerprint density at radius 2 is 2.13 bits per heavy atom. The molecular formula is C8H15N3O3S. The summed E-state index contributed by atoms with van der Waals surface area (Å²) in [5.74, 6) is -0.338. The summed E-state index contributed by atoms with van der Waals surface area (Å²) in [6, 6.07) is 1.48. The van der Waals surface area contributed by atoms with Crippen LogP contribution in [0.2, 0.25) is 0 Å². The first-order valence-corrected chi connectivity index (χ1v) is 6.46. The lowest BCUT2D eigenvalue weighted by Gasteiger charge is -2.11. The van der Waals surface area contributed by atoms with Crippen LogP contribution >= 0.6 is 0 Å². The summed E-state index contributed by atoms with van der Waals surface area (Å²) < 4.78 is 21.7. The van der Waals surface area contributed by atoms with Crippen molar-refractivity contribution in [3.63, 3.8) is 0 Å². The Morgan fingerprint density at radius 3 is 2.60 bits per heavy atom. The standard InChI is InChI=1S/C8H15N3O3S/c1-7(6-15(2,13)14)11-5-8(12)10-4-3-9/h7,11H,4-6H2,1-2H3,(H,10,12). The molecule has 15 heavy (non-hydrogen) atoms. The normalized spacial score (nSPS) is 12.9. The Balaban J connectivity index is 3.77. The van der Waals surface area contributed by atoms with Crippen LogP contribution in [0, 0.1) is 11.3 Å². The summed E-state index contributed by atoms with van der Waals surface area (Å²) >= 11 is 0. The van der Waals surface area contributed by atoms with Gasteiger partial charge in [0.05, 0.1) is 18.4 Å². The molecule has 0 aliphatic carbocycles. The predicted octanol–water partition coefficient (Wildman–Crippen LogP) is -1.35. The van der Waals surface area contributed by atoms with Gasteiger partial charge in [-0.2, -0.15) is 5.26 Å². The van der Waals surface area contributed by atoms with Crippen LogP contribution in [0.25, 0.3) is 0 Å². The zero-order valence-corrected chi connectivity index (χ0v) is 9.60. The van der Waals surface area contributed by atoms with Gasteiger partial charge in [-0.3, -0.25) is 4.79 Å². The average Bonchev–Trinajstić information content (AvgIpc) is 2.08. The highest BCUT2D eigenvalue weighted by atomic mass is 32.2. The third-order valence-corrected chi connectivity index (χ3v) is 2.63. The number of sulfone groups is 1. The van der Waals surface area contributed by atoms with Crippen LogP contribution in [0.4, 0.5) is 0 Å². The van der Waals surface area contributed by atoms with Gasteiger partial charge in [0.1, 0.15) is 16.4 Å². The molecule has 0 aliphatic rings. The van der Waals surface area contributed by atoms with Crippen LogP contribution in [0.3, 0.4) is 0 Å². The third-order valence-electron chi connectivity index (χ3n) is 1.53. The predicted molar refractivity (Wildman–Crippen MR) is 55.8 cm³/mol. The fourth-order valence-corrected chi connectivity index (χ4v) is 2.01.